The summed E-state index contributed by atoms with van der Waals surface area (Å²) in [4.78, 5) is 16.9. The molecule has 1 N–H and O–H groups in total. The average molecular weight is 342 g/mol. The highest BCUT2D eigenvalue weighted by Crippen LogP contribution is 2.16. The molecule has 2 fully saturated rings. The van der Waals surface area contributed by atoms with E-state index in [1.54, 1.807) is 0 Å². The molecular formula is C16H28ClN5O. The van der Waals surface area contributed by atoms with Crippen LogP contribution in [0.4, 0.5) is 0 Å². The molecule has 23 heavy (non-hydrogen) atoms. The van der Waals surface area contributed by atoms with Crippen molar-refractivity contribution in [3.05, 3.63) is 18.0 Å². The van der Waals surface area contributed by atoms with E-state index in [9.17, 15) is 4.79 Å². The van der Waals surface area contributed by atoms with E-state index in [4.69, 9.17) is 0 Å². The van der Waals surface area contributed by atoms with Crippen LogP contribution in [0.3, 0.4) is 0 Å². The quantitative estimate of drug-likeness (QED) is 0.903. The first-order valence-electron chi connectivity index (χ1n) is 8.44. The second-order valence-electron chi connectivity index (χ2n) is 6.60. The number of amides is 1. The van der Waals surface area contributed by atoms with Crippen LogP contribution in [0.15, 0.2) is 12.3 Å². The monoisotopic (exact) mass is 341 g/mol. The second-order valence-corrected chi connectivity index (χ2v) is 6.60. The van der Waals surface area contributed by atoms with Crippen molar-refractivity contribution in [3.63, 3.8) is 0 Å². The van der Waals surface area contributed by atoms with E-state index in [0.29, 0.717) is 17.8 Å². The fraction of sp³-hybridized carbons (Fsp3) is 0.750. The minimum absolute atomic E-state index is 0. The maximum absolute atomic E-state index is 12.6. The van der Waals surface area contributed by atoms with E-state index in [0.717, 1.165) is 45.7 Å². The van der Waals surface area contributed by atoms with Gasteiger partial charge in [-0.3, -0.25) is 14.4 Å². The molecule has 0 bridgehead atoms. The van der Waals surface area contributed by atoms with Crippen molar-refractivity contribution in [2.45, 2.75) is 38.8 Å². The maximum Gasteiger partial charge on any atom is 0.274 e. The first kappa shape index (κ1) is 18.2. The van der Waals surface area contributed by atoms with E-state index in [2.05, 4.69) is 29.2 Å². The lowest BCUT2D eigenvalue weighted by Gasteiger charge is -2.36. The molecule has 2 saturated heterocycles. The Morgan fingerprint density at radius 3 is 2.65 bits per heavy atom. The molecule has 3 heterocycles. The summed E-state index contributed by atoms with van der Waals surface area (Å²) in [5.74, 6) is 0.0749. The van der Waals surface area contributed by atoms with Gasteiger partial charge in [0.15, 0.2) is 0 Å². The molecular weight excluding hydrogens is 314 g/mol. The SMILES string of the molecule is CC(C)N1CCN(C(=O)c2ccn(C3CCCNC3)n2)CC1.Cl. The lowest BCUT2D eigenvalue weighted by molar-refractivity contribution is 0.0588. The zero-order valence-corrected chi connectivity index (χ0v) is 14.9. The third-order valence-corrected chi connectivity index (χ3v) is 4.80. The molecule has 1 unspecified atom stereocenters. The van der Waals surface area contributed by atoms with Gasteiger partial charge in [-0.15, -0.1) is 12.4 Å². The van der Waals surface area contributed by atoms with Crippen LogP contribution in [0, 0.1) is 0 Å². The number of rotatable bonds is 3. The third kappa shape index (κ3) is 4.25. The summed E-state index contributed by atoms with van der Waals surface area (Å²) < 4.78 is 1.96. The van der Waals surface area contributed by atoms with Crippen molar-refractivity contribution in [3.8, 4) is 0 Å². The number of carbonyl (C=O) groups excluding carboxylic acids is 1. The molecule has 7 heteroatoms. The average Bonchev–Trinajstić information content (AvgIpc) is 3.05. The van der Waals surface area contributed by atoms with Crippen LogP contribution >= 0.6 is 12.4 Å². The fourth-order valence-corrected chi connectivity index (χ4v) is 3.32. The van der Waals surface area contributed by atoms with Gasteiger partial charge in [0.1, 0.15) is 5.69 Å². The third-order valence-electron chi connectivity index (χ3n) is 4.80. The Balaban J connectivity index is 0.00000192. The van der Waals surface area contributed by atoms with Gasteiger partial charge in [0, 0.05) is 45.0 Å². The number of piperidine rings is 1. The van der Waals surface area contributed by atoms with Crippen molar-refractivity contribution in [2.24, 2.45) is 0 Å². The Hall–Kier alpha value is -1.11. The molecule has 3 rings (SSSR count). The van der Waals surface area contributed by atoms with Crippen LogP contribution in [-0.4, -0.2) is 70.8 Å². The largest absolute Gasteiger partial charge is 0.335 e. The van der Waals surface area contributed by atoms with Gasteiger partial charge in [0.2, 0.25) is 0 Å². The van der Waals surface area contributed by atoms with Crippen LogP contribution in [0.5, 0.6) is 0 Å². The van der Waals surface area contributed by atoms with Crippen LogP contribution in [0.2, 0.25) is 0 Å². The van der Waals surface area contributed by atoms with Crippen molar-refractivity contribution in [2.75, 3.05) is 39.3 Å². The van der Waals surface area contributed by atoms with Gasteiger partial charge in [-0.25, -0.2) is 0 Å². The molecule has 2 aliphatic rings. The molecule has 1 aromatic rings. The van der Waals surface area contributed by atoms with Crippen LogP contribution < -0.4 is 5.32 Å². The molecule has 2 aliphatic heterocycles. The molecule has 1 atom stereocenters. The van der Waals surface area contributed by atoms with Crippen molar-refractivity contribution >= 4 is 18.3 Å². The maximum atomic E-state index is 12.6. The number of hydrogen-bond acceptors (Lipinski definition) is 4. The van der Waals surface area contributed by atoms with E-state index in [1.807, 2.05) is 21.8 Å². The Bertz CT molecular complexity index is 504. The Labute approximate surface area is 144 Å². The van der Waals surface area contributed by atoms with Gasteiger partial charge in [0.05, 0.1) is 6.04 Å². The first-order chi connectivity index (χ1) is 10.6. The number of piperazine rings is 1. The van der Waals surface area contributed by atoms with Crippen LogP contribution in [0.25, 0.3) is 0 Å². The fourth-order valence-electron chi connectivity index (χ4n) is 3.32. The zero-order chi connectivity index (χ0) is 15.5. The topological polar surface area (TPSA) is 53.4 Å². The molecule has 1 aromatic heterocycles. The van der Waals surface area contributed by atoms with E-state index in [1.165, 1.54) is 6.42 Å². The van der Waals surface area contributed by atoms with Gasteiger partial charge < -0.3 is 10.2 Å². The summed E-state index contributed by atoms with van der Waals surface area (Å²) in [7, 11) is 0. The van der Waals surface area contributed by atoms with Crippen molar-refractivity contribution in [1.29, 1.82) is 0 Å². The number of hydrogen-bond donors (Lipinski definition) is 1. The van der Waals surface area contributed by atoms with Crippen LogP contribution in [0.1, 0.15) is 43.2 Å². The zero-order valence-electron chi connectivity index (χ0n) is 14.1. The minimum Gasteiger partial charge on any atom is -0.335 e. The van der Waals surface area contributed by atoms with Gasteiger partial charge in [0.25, 0.3) is 5.91 Å². The summed E-state index contributed by atoms with van der Waals surface area (Å²) in [5, 5.41) is 7.92. The molecule has 0 saturated carbocycles. The summed E-state index contributed by atoms with van der Waals surface area (Å²) in [6.07, 6.45) is 4.26. The predicted molar refractivity (Wildman–Crippen MR) is 93.2 cm³/mol. The van der Waals surface area contributed by atoms with E-state index < -0.39 is 0 Å². The number of aromatic nitrogens is 2. The highest BCUT2D eigenvalue weighted by Gasteiger charge is 2.25. The molecule has 0 aliphatic carbocycles. The standard InChI is InChI=1S/C16H27N5O.ClH/c1-13(2)19-8-10-20(11-9-19)16(22)15-5-7-21(18-15)14-4-3-6-17-12-14;/h5,7,13-14,17H,3-4,6,8-12H2,1-2H3;1H. The summed E-state index contributed by atoms with van der Waals surface area (Å²) in [5.41, 5.74) is 0.587. The van der Waals surface area contributed by atoms with Crippen molar-refractivity contribution in [1.82, 2.24) is 24.9 Å². The van der Waals surface area contributed by atoms with Crippen LogP contribution in [-0.2, 0) is 0 Å². The number of carbonyl (C=O) groups is 1. The molecule has 130 valence electrons. The highest BCUT2D eigenvalue weighted by molar-refractivity contribution is 5.92. The lowest BCUT2D eigenvalue weighted by Crippen LogP contribution is -2.50. The van der Waals surface area contributed by atoms with Gasteiger partial charge in [-0.1, -0.05) is 0 Å². The molecule has 0 aromatic carbocycles. The molecule has 0 radical (unpaired) electrons. The normalized spacial score (nSPS) is 22.9. The number of nitrogens with zero attached hydrogens (tertiary/aromatic N) is 4. The molecule has 6 nitrogen and oxygen atoms in total. The first-order valence-corrected chi connectivity index (χ1v) is 8.44. The smallest absolute Gasteiger partial charge is 0.274 e. The summed E-state index contributed by atoms with van der Waals surface area (Å²) in [6.45, 7) is 9.96. The Kier molecular flexibility index (Phi) is 6.44. The Morgan fingerprint density at radius 1 is 1.30 bits per heavy atom. The second kappa shape index (κ2) is 8.13. The van der Waals surface area contributed by atoms with E-state index in [-0.39, 0.29) is 18.3 Å². The molecule has 1 amide bonds. The summed E-state index contributed by atoms with van der Waals surface area (Å²) in [6, 6.07) is 2.80. The highest BCUT2D eigenvalue weighted by atomic mass is 35.5. The summed E-state index contributed by atoms with van der Waals surface area (Å²) >= 11 is 0. The van der Waals surface area contributed by atoms with Gasteiger partial charge in [-0.05, 0) is 39.3 Å². The van der Waals surface area contributed by atoms with Gasteiger partial charge in [-0.2, -0.15) is 5.10 Å². The van der Waals surface area contributed by atoms with E-state index >= 15 is 0 Å². The molecule has 0 spiro atoms. The number of nitrogens with one attached hydrogen (secondary N) is 1. The minimum atomic E-state index is 0. The van der Waals surface area contributed by atoms with Crippen molar-refractivity contribution < 1.29 is 4.79 Å². The lowest BCUT2D eigenvalue weighted by atomic mass is 10.1. The predicted octanol–water partition coefficient (Wildman–Crippen LogP) is 1.40. The number of halogens is 1. The Morgan fingerprint density at radius 2 is 2.04 bits per heavy atom. The van der Waals surface area contributed by atoms with Gasteiger partial charge >= 0.3 is 0 Å².